The predicted molar refractivity (Wildman–Crippen MR) is 119 cm³/mol. The molecule has 2 heterocycles. The van der Waals surface area contributed by atoms with Gasteiger partial charge in [0.1, 0.15) is 0 Å². The molecule has 7 heteroatoms. The molecular formula is C23H26Cl2N2O3. The zero-order valence-electron chi connectivity index (χ0n) is 16.8. The molecule has 0 N–H and O–H groups in total. The van der Waals surface area contributed by atoms with E-state index in [1.165, 1.54) is 0 Å². The summed E-state index contributed by atoms with van der Waals surface area (Å²) in [4.78, 5) is 18.5. The zero-order valence-corrected chi connectivity index (χ0v) is 18.3. The lowest BCUT2D eigenvalue weighted by Gasteiger charge is -2.44. The van der Waals surface area contributed by atoms with Crippen molar-refractivity contribution in [2.45, 2.75) is 12.1 Å². The highest BCUT2D eigenvalue weighted by atomic mass is 35.5. The summed E-state index contributed by atoms with van der Waals surface area (Å²) in [5.41, 5.74) is 1.71. The van der Waals surface area contributed by atoms with E-state index in [4.69, 9.17) is 32.7 Å². The van der Waals surface area contributed by atoms with Gasteiger partial charge in [0.05, 0.1) is 48.6 Å². The number of Topliss-reactive ketones (excluding diaryl/α,β-unsaturated/α-hetero) is 1. The minimum Gasteiger partial charge on any atom is -0.379 e. The topological polar surface area (TPSA) is 42.0 Å². The smallest absolute Gasteiger partial charge is 0.181 e. The van der Waals surface area contributed by atoms with Crippen LogP contribution >= 0.6 is 23.2 Å². The van der Waals surface area contributed by atoms with E-state index in [1.54, 1.807) is 18.2 Å². The SMILES string of the molecule is O=C(c1ccc(Cl)c(Cl)c1)C(C(c1ccccc1)N1CCOCC1)N1CCOCC1. The molecule has 0 amide bonds. The van der Waals surface area contributed by atoms with E-state index in [0.29, 0.717) is 55.1 Å². The number of benzene rings is 2. The lowest BCUT2D eigenvalue weighted by molar-refractivity contribution is -0.0301. The molecule has 4 rings (SSSR count). The van der Waals surface area contributed by atoms with Gasteiger partial charge in [-0.3, -0.25) is 14.6 Å². The van der Waals surface area contributed by atoms with Crippen molar-refractivity contribution in [1.82, 2.24) is 9.80 Å². The van der Waals surface area contributed by atoms with Crippen molar-refractivity contribution in [2.75, 3.05) is 52.6 Å². The third kappa shape index (κ3) is 4.88. The normalized spacial score (nSPS) is 20.6. The van der Waals surface area contributed by atoms with Crippen molar-refractivity contribution in [3.63, 3.8) is 0 Å². The molecule has 0 spiro atoms. The van der Waals surface area contributed by atoms with Crippen LogP contribution in [0, 0.1) is 0 Å². The standard InChI is InChI=1S/C23H26Cl2N2O3/c24-19-7-6-18(16-20(19)25)23(28)22(27-10-14-30-15-11-27)21(17-4-2-1-3-5-17)26-8-12-29-13-9-26/h1-7,16,21-22H,8-15H2. The van der Waals surface area contributed by atoms with Gasteiger partial charge < -0.3 is 9.47 Å². The Morgan fingerprint density at radius 2 is 1.40 bits per heavy atom. The quantitative estimate of drug-likeness (QED) is 0.625. The van der Waals surface area contributed by atoms with Crippen LogP contribution in [0.25, 0.3) is 0 Å². The van der Waals surface area contributed by atoms with E-state index in [-0.39, 0.29) is 17.9 Å². The largest absolute Gasteiger partial charge is 0.379 e. The lowest BCUT2D eigenvalue weighted by Crippen LogP contribution is -2.55. The fourth-order valence-corrected chi connectivity index (χ4v) is 4.58. The van der Waals surface area contributed by atoms with Crippen molar-refractivity contribution in [3.8, 4) is 0 Å². The highest BCUT2D eigenvalue weighted by molar-refractivity contribution is 6.42. The molecule has 2 unspecified atom stereocenters. The van der Waals surface area contributed by atoms with Crippen molar-refractivity contribution in [2.24, 2.45) is 0 Å². The summed E-state index contributed by atoms with van der Waals surface area (Å²) in [5, 5.41) is 0.842. The maximum atomic E-state index is 13.9. The van der Waals surface area contributed by atoms with Crippen LogP contribution in [0.4, 0.5) is 0 Å². The molecule has 0 bridgehead atoms. The Morgan fingerprint density at radius 3 is 2.00 bits per heavy atom. The van der Waals surface area contributed by atoms with Crippen LogP contribution in [0.15, 0.2) is 48.5 Å². The Labute approximate surface area is 187 Å². The molecule has 30 heavy (non-hydrogen) atoms. The molecule has 2 atom stereocenters. The molecule has 0 saturated carbocycles. The average Bonchev–Trinajstić information content (AvgIpc) is 2.80. The van der Waals surface area contributed by atoms with E-state index in [0.717, 1.165) is 18.7 Å². The van der Waals surface area contributed by atoms with Crippen LogP contribution in [0.2, 0.25) is 10.0 Å². The Bertz CT molecular complexity index is 853. The van der Waals surface area contributed by atoms with Crippen molar-refractivity contribution in [3.05, 3.63) is 69.7 Å². The van der Waals surface area contributed by atoms with E-state index in [2.05, 4.69) is 21.9 Å². The maximum Gasteiger partial charge on any atom is 0.181 e. The van der Waals surface area contributed by atoms with E-state index in [9.17, 15) is 4.79 Å². The van der Waals surface area contributed by atoms with Gasteiger partial charge in [0.15, 0.2) is 5.78 Å². The Kier molecular flexibility index (Phi) is 7.41. The fraction of sp³-hybridized carbons (Fsp3) is 0.435. The number of halogens is 2. The number of morpholine rings is 2. The summed E-state index contributed by atoms with van der Waals surface area (Å²) in [6.45, 7) is 5.58. The van der Waals surface area contributed by atoms with Gasteiger partial charge in [0, 0.05) is 31.7 Å². The van der Waals surface area contributed by atoms with E-state index in [1.807, 2.05) is 18.2 Å². The molecule has 0 aromatic heterocycles. The van der Waals surface area contributed by atoms with Crippen molar-refractivity contribution >= 4 is 29.0 Å². The predicted octanol–water partition coefficient (Wildman–Crippen LogP) is 3.95. The van der Waals surface area contributed by atoms with Crippen LogP contribution in [0.3, 0.4) is 0 Å². The Hall–Kier alpha value is -1.47. The first-order chi connectivity index (χ1) is 14.6. The first-order valence-electron chi connectivity index (χ1n) is 10.3. The average molecular weight is 449 g/mol. The third-order valence-corrected chi connectivity index (χ3v) is 6.53. The number of ketones is 1. The van der Waals surface area contributed by atoms with Crippen molar-refractivity contribution in [1.29, 1.82) is 0 Å². The molecule has 2 fully saturated rings. The van der Waals surface area contributed by atoms with Gasteiger partial charge in [-0.2, -0.15) is 0 Å². The first kappa shape index (κ1) is 21.8. The summed E-state index contributed by atoms with van der Waals surface area (Å²) in [5.74, 6) is 0.0517. The third-order valence-electron chi connectivity index (χ3n) is 5.79. The van der Waals surface area contributed by atoms with Crippen LogP contribution in [-0.4, -0.2) is 74.2 Å². The lowest BCUT2D eigenvalue weighted by atomic mass is 9.89. The molecule has 0 radical (unpaired) electrons. The van der Waals surface area contributed by atoms with E-state index >= 15 is 0 Å². The molecule has 2 aliphatic rings. The van der Waals surface area contributed by atoms with Crippen LogP contribution in [0.1, 0.15) is 22.0 Å². The number of ether oxygens (including phenoxy) is 2. The minimum atomic E-state index is -0.355. The Morgan fingerprint density at radius 1 is 0.800 bits per heavy atom. The molecule has 2 aromatic rings. The number of carbonyl (C=O) groups excluding carboxylic acids is 1. The first-order valence-corrected chi connectivity index (χ1v) is 11.1. The highest BCUT2D eigenvalue weighted by Gasteiger charge is 2.39. The minimum absolute atomic E-state index is 0.0517. The number of carbonyl (C=O) groups is 1. The van der Waals surface area contributed by atoms with E-state index < -0.39 is 0 Å². The molecule has 160 valence electrons. The zero-order chi connectivity index (χ0) is 20.9. The molecule has 5 nitrogen and oxygen atoms in total. The van der Waals surface area contributed by atoms with Gasteiger partial charge in [-0.15, -0.1) is 0 Å². The molecule has 2 aromatic carbocycles. The molecule has 2 saturated heterocycles. The van der Waals surface area contributed by atoms with Gasteiger partial charge in [0.2, 0.25) is 0 Å². The summed E-state index contributed by atoms with van der Waals surface area (Å²) in [6.07, 6.45) is 0. The van der Waals surface area contributed by atoms with Crippen LogP contribution in [-0.2, 0) is 9.47 Å². The summed E-state index contributed by atoms with van der Waals surface area (Å²) in [7, 11) is 0. The number of nitrogens with zero attached hydrogens (tertiary/aromatic N) is 2. The van der Waals surface area contributed by atoms with Gasteiger partial charge in [-0.25, -0.2) is 0 Å². The maximum absolute atomic E-state index is 13.9. The van der Waals surface area contributed by atoms with Crippen LogP contribution < -0.4 is 0 Å². The van der Waals surface area contributed by atoms with Gasteiger partial charge in [-0.05, 0) is 23.8 Å². The summed E-state index contributed by atoms with van der Waals surface area (Å²) >= 11 is 12.4. The summed E-state index contributed by atoms with van der Waals surface area (Å²) < 4.78 is 11.2. The van der Waals surface area contributed by atoms with Crippen LogP contribution in [0.5, 0.6) is 0 Å². The summed E-state index contributed by atoms with van der Waals surface area (Å²) in [6, 6.07) is 15.0. The van der Waals surface area contributed by atoms with Gasteiger partial charge >= 0.3 is 0 Å². The fourth-order valence-electron chi connectivity index (χ4n) is 4.28. The molecular weight excluding hydrogens is 423 g/mol. The Balaban J connectivity index is 1.76. The molecule has 0 aliphatic carbocycles. The second-order valence-corrected chi connectivity index (χ2v) is 8.40. The second kappa shape index (κ2) is 10.2. The monoisotopic (exact) mass is 448 g/mol. The van der Waals surface area contributed by atoms with Gasteiger partial charge in [0.25, 0.3) is 0 Å². The van der Waals surface area contributed by atoms with Crippen molar-refractivity contribution < 1.29 is 14.3 Å². The number of rotatable bonds is 6. The highest BCUT2D eigenvalue weighted by Crippen LogP contribution is 2.32. The number of hydrogen-bond acceptors (Lipinski definition) is 5. The number of hydrogen-bond donors (Lipinski definition) is 0. The molecule has 2 aliphatic heterocycles. The van der Waals surface area contributed by atoms with Gasteiger partial charge in [-0.1, -0.05) is 53.5 Å². The second-order valence-electron chi connectivity index (χ2n) is 7.59.